The number of rotatable bonds is 6. The average molecular weight is 283 g/mol. The van der Waals surface area contributed by atoms with E-state index < -0.39 is 5.41 Å². The molecule has 1 rings (SSSR count). The van der Waals surface area contributed by atoms with Crippen LogP contribution in [0.2, 0.25) is 0 Å². The lowest BCUT2D eigenvalue weighted by atomic mass is 9.70. The highest BCUT2D eigenvalue weighted by Gasteiger charge is 2.39. The number of nitrogens with two attached hydrogens (primary N) is 1. The molecule has 3 N–H and O–H groups in total. The van der Waals surface area contributed by atoms with Crippen LogP contribution in [0.4, 0.5) is 0 Å². The van der Waals surface area contributed by atoms with Crippen molar-refractivity contribution in [2.24, 2.45) is 17.1 Å². The van der Waals surface area contributed by atoms with Crippen LogP contribution in [0.5, 0.6) is 0 Å². The maximum atomic E-state index is 12.4. The molecule has 1 saturated carbocycles. The third-order valence-corrected chi connectivity index (χ3v) is 4.62. The quantitative estimate of drug-likeness (QED) is 0.767. The first-order valence-corrected chi connectivity index (χ1v) is 7.75. The van der Waals surface area contributed by atoms with Crippen LogP contribution in [-0.4, -0.2) is 42.9 Å². The Labute approximate surface area is 122 Å². The SMILES string of the molecule is CCN(CC)C(=O)CNC(=O)C1(CN)CCC(C)CC1. The van der Waals surface area contributed by atoms with Crippen molar-refractivity contribution in [1.82, 2.24) is 10.2 Å². The Kier molecular flexibility index (Phi) is 6.46. The highest BCUT2D eigenvalue weighted by molar-refractivity contribution is 5.88. The van der Waals surface area contributed by atoms with Crippen molar-refractivity contribution in [1.29, 1.82) is 0 Å². The second kappa shape index (κ2) is 7.62. The standard InChI is InChI=1S/C15H29N3O2/c1-4-18(5-2)13(19)10-17-14(20)15(11-16)8-6-12(3)7-9-15/h12H,4-11,16H2,1-3H3,(H,17,20). The summed E-state index contributed by atoms with van der Waals surface area (Å²) in [4.78, 5) is 26.0. The molecule has 0 unspecified atom stereocenters. The summed E-state index contributed by atoms with van der Waals surface area (Å²) in [6, 6.07) is 0. The number of nitrogens with zero attached hydrogens (tertiary/aromatic N) is 1. The molecule has 0 heterocycles. The zero-order chi connectivity index (χ0) is 15.2. The molecule has 116 valence electrons. The van der Waals surface area contributed by atoms with E-state index >= 15 is 0 Å². The molecule has 5 heteroatoms. The van der Waals surface area contributed by atoms with Crippen molar-refractivity contribution >= 4 is 11.8 Å². The Morgan fingerprint density at radius 3 is 2.25 bits per heavy atom. The number of amides is 2. The molecule has 0 aliphatic heterocycles. The van der Waals surface area contributed by atoms with Gasteiger partial charge < -0.3 is 16.0 Å². The summed E-state index contributed by atoms with van der Waals surface area (Å²) in [5.74, 6) is 0.590. The summed E-state index contributed by atoms with van der Waals surface area (Å²) in [6.07, 6.45) is 3.73. The van der Waals surface area contributed by atoms with Crippen LogP contribution in [0, 0.1) is 11.3 Å². The van der Waals surface area contributed by atoms with Gasteiger partial charge >= 0.3 is 0 Å². The fourth-order valence-electron chi connectivity index (χ4n) is 2.87. The van der Waals surface area contributed by atoms with Gasteiger partial charge in [0.15, 0.2) is 0 Å². The van der Waals surface area contributed by atoms with E-state index in [0.29, 0.717) is 25.6 Å². The monoisotopic (exact) mass is 283 g/mol. The van der Waals surface area contributed by atoms with Crippen molar-refractivity contribution in [3.05, 3.63) is 0 Å². The van der Waals surface area contributed by atoms with E-state index in [-0.39, 0.29) is 18.4 Å². The smallest absolute Gasteiger partial charge is 0.241 e. The minimum atomic E-state index is -0.462. The fraction of sp³-hybridized carbons (Fsp3) is 0.867. The number of carbonyl (C=O) groups is 2. The van der Waals surface area contributed by atoms with Crippen LogP contribution in [0.3, 0.4) is 0 Å². The number of hydrogen-bond acceptors (Lipinski definition) is 3. The summed E-state index contributed by atoms with van der Waals surface area (Å²) in [5.41, 5.74) is 5.38. The zero-order valence-electron chi connectivity index (χ0n) is 13.1. The van der Waals surface area contributed by atoms with Crippen molar-refractivity contribution in [2.75, 3.05) is 26.2 Å². The first-order chi connectivity index (χ1) is 9.49. The van der Waals surface area contributed by atoms with Gasteiger partial charge in [-0.1, -0.05) is 6.92 Å². The molecule has 0 spiro atoms. The molecule has 0 aromatic heterocycles. The molecule has 1 aliphatic rings. The highest BCUT2D eigenvalue weighted by atomic mass is 16.2. The van der Waals surface area contributed by atoms with Crippen LogP contribution in [0.25, 0.3) is 0 Å². The second-order valence-corrected chi connectivity index (χ2v) is 5.92. The third kappa shape index (κ3) is 3.95. The van der Waals surface area contributed by atoms with Gasteiger partial charge in [-0.2, -0.15) is 0 Å². The second-order valence-electron chi connectivity index (χ2n) is 5.92. The molecule has 2 amide bonds. The summed E-state index contributed by atoms with van der Waals surface area (Å²) in [5, 5.41) is 2.80. The molecule has 0 saturated heterocycles. The highest BCUT2D eigenvalue weighted by Crippen LogP contribution is 2.38. The number of likely N-dealkylation sites (N-methyl/N-ethyl adjacent to an activating group) is 1. The molecule has 0 aromatic rings. The van der Waals surface area contributed by atoms with Crippen molar-refractivity contribution < 1.29 is 9.59 Å². The van der Waals surface area contributed by atoms with E-state index in [0.717, 1.165) is 25.7 Å². The van der Waals surface area contributed by atoms with Gasteiger partial charge in [-0.3, -0.25) is 9.59 Å². The van der Waals surface area contributed by atoms with Crippen LogP contribution in [-0.2, 0) is 9.59 Å². The van der Waals surface area contributed by atoms with Crippen LogP contribution >= 0.6 is 0 Å². The van der Waals surface area contributed by atoms with Gasteiger partial charge in [-0.25, -0.2) is 0 Å². The number of nitrogens with one attached hydrogen (secondary N) is 1. The van der Waals surface area contributed by atoms with E-state index in [1.165, 1.54) is 0 Å². The van der Waals surface area contributed by atoms with Crippen LogP contribution in [0.1, 0.15) is 46.5 Å². The topological polar surface area (TPSA) is 75.4 Å². The molecule has 5 nitrogen and oxygen atoms in total. The van der Waals surface area contributed by atoms with Crippen LogP contribution < -0.4 is 11.1 Å². The molecule has 1 aliphatic carbocycles. The summed E-state index contributed by atoms with van der Waals surface area (Å²) in [7, 11) is 0. The molecule has 0 atom stereocenters. The Morgan fingerprint density at radius 2 is 1.80 bits per heavy atom. The van der Waals surface area contributed by atoms with Crippen molar-refractivity contribution in [3.63, 3.8) is 0 Å². The molecule has 0 aromatic carbocycles. The summed E-state index contributed by atoms with van der Waals surface area (Å²) >= 11 is 0. The molecular formula is C15H29N3O2. The van der Waals surface area contributed by atoms with Gasteiger partial charge in [0.1, 0.15) is 0 Å². The predicted molar refractivity (Wildman–Crippen MR) is 80.1 cm³/mol. The fourth-order valence-corrected chi connectivity index (χ4v) is 2.87. The maximum Gasteiger partial charge on any atom is 0.241 e. The largest absolute Gasteiger partial charge is 0.347 e. The van der Waals surface area contributed by atoms with E-state index in [1.807, 2.05) is 13.8 Å². The summed E-state index contributed by atoms with van der Waals surface area (Å²) in [6.45, 7) is 7.88. The lowest BCUT2D eigenvalue weighted by Gasteiger charge is -2.37. The molecule has 1 fully saturated rings. The van der Waals surface area contributed by atoms with E-state index in [1.54, 1.807) is 4.90 Å². The molecule has 0 radical (unpaired) electrons. The van der Waals surface area contributed by atoms with Gasteiger partial charge in [0, 0.05) is 19.6 Å². The minimum absolute atomic E-state index is 0.0281. The lowest BCUT2D eigenvalue weighted by molar-refractivity contribution is -0.137. The van der Waals surface area contributed by atoms with E-state index in [2.05, 4.69) is 12.2 Å². The lowest BCUT2D eigenvalue weighted by Crippen LogP contribution is -2.50. The number of hydrogen-bond donors (Lipinski definition) is 2. The van der Waals surface area contributed by atoms with Gasteiger partial charge in [0.25, 0.3) is 0 Å². The van der Waals surface area contributed by atoms with Gasteiger partial charge in [-0.15, -0.1) is 0 Å². The Balaban J connectivity index is 2.54. The first kappa shape index (κ1) is 17.0. The molecular weight excluding hydrogens is 254 g/mol. The third-order valence-electron chi connectivity index (χ3n) is 4.62. The average Bonchev–Trinajstić information content (AvgIpc) is 2.47. The Bertz CT molecular complexity index is 332. The van der Waals surface area contributed by atoms with E-state index in [9.17, 15) is 9.59 Å². The summed E-state index contributed by atoms with van der Waals surface area (Å²) < 4.78 is 0. The number of carbonyl (C=O) groups excluding carboxylic acids is 2. The first-order valence-electron chi connectivity index (χ1n) is 7.75. The predicted octanol–water partition coefficient (Wildman–Crippen LogP) is 1.13. The van der Waals surface area contributed by atoms with Gasteiger partial charge in [0.05, 0.1) is 12.0 Å². The van der Waals surface area contributed by atoms with E-state index in [4.69, 9.17) is 5.73 Å². The maximum absolute atomic E-state index is 12.4. The van der Waals surface area contributed by atoms with Gasteiger partial charge in [0.2, 0.25) is 11.8 Å². The normalized spacial score (nSPS) is 26.1. The Morgan fingerprint density at radius 1 is 1.25 bits per heavy atom. The van der Waals surface area contributed by atoms with Crippen molar-refractivity contribution in [2.45, 2.75) is 46.5 Å². The Hall–Kier alpha value is -1.10. The minimum Gasteiger partial charge on any atom is -0.347 e. The molecule has 0 bridgehead atoms. The van der Waals surface area contributed by atoms with Crippen molar-refractivity contribution in [3.8, 4) is 0 Å². The van der Waals surface area contributed by atoms with Crippen LogP contribution in [0.15, 0.2) is 0 Å². The van der Waals surface area contributed by atoms with Gasteiger partial charge in [-0.05, 0) is 45.4 Å². The molecule has 20 heavy (non-hydrogen) atoms. The zero-order valence-corrected chi connectivity index (χ0v) is 13.1.